The van der Waals surface area contributed by atoms with Crippen LogP contribution in [0.3, 0.4) is 0 Å². The molecule has 1 N–H and O–H groups in total. The van der Waals surface area contributed by atoms with Crippen molar-refractivity contribution in [2.75, 3.05) is 17.3 Å². The monoisotopic (exact) mass is 270 g/mol. The van der Waals surface area contributed by atoms with Crippen LogP contribution in [0.4, 0.5) is 15.8 Å². The highest BCUT2D eigenvalue weighted by Gasteiger charge is 2.29. The molecule has 0 fully saturated rings. The molecule has 0 bridgehead atoms. The van der Waals surface area contributed by atoms with Crippen LogP contribution in [0.1, 0.15) is 18.0 Å². The molecule has 102 valence electrons. The lowest BCUT2D eigenvalue weighted by molar-refractivity contribution is -0.118. The molecule has 0 spiro atoms. The van der Waals surface area contributed by atoms with Gasteiger partial charge in [0, 0.05) is 12.7 Å². The zero-order valence-electron chi connectivity index (χ0n) is 11.1. The number of amides is 1. The Morgan fingerprint density at radius 2 is 1.85 bits per heavy atom. The fourth-order valence-electron chi connectivity index (χ4n) is 2.54. The molecule has 0 saturated heterocycles. The van der Waals surface area contributed by atoms with E-state index >= 15 is 0 Å². The van der Waals surface area contributed by atoms with Crippen molar-refractivity contribution >= 4 is 17.3 Å². The Balaban J connectivity index is 1.97. The van der Waals surface area contributed by atoms with Gasteiger partial charge in [0.25, 0.3) is 0 Å². The highest BCUT2D eigenvalue weighted by Crippen LogP contribution is 2.35. The Bertz CT molecular complexity index is 656. The van der Waals surface area contributed by atoms with Gasteiger partial charge in [-0.2, -0.15) is 0 Å². The van der Waals surface area contributed by atoms with Gasteiger partial charge < -0.3 is 10.2 Å². The second-order valence-electron chi connectivity index (χ2n) is 4.89. The lowest BCUT2D eigenvalue weighted by Gasteiger charge is -2.32. The number of nitrogens with one attached hydrogen (secondary N) is 1. The molecule has 3 rings (SSSR count). The number of fused-ring (bicyclic) bond motifs is 1. The average molecular weight is 270 g/mol. The van der Waals surface area contributed by atoms with Crippen molar-refractivity contribution in [3.05, 3.63) is 59.9 Å². The predicted molar refractivity (Wildman–Crippen MR) is 77.2 cm³/mol. The maximum absolute atomic E-state index is 13.7. The summed E-state index contributed by atoms with van der Waals surface area (Å²) in [6.07, 6.45) is 0.321. The maximum Gasteiger partial charge on any atom is 0.229 e. The van der Waals surface area contributed by atoms with Crippen LogP contribution < -0.4 is 10.2 Å². The third kappa shape index (κ3) is 2.13. The van der Waals surface area contributed by atoms with Crippen LogP contribution in [0, 0.1) is 5.82 Å². The van der Waals surface area contributed by atoms with Crippen molar-refractivity contribution in [2.45, 2.75) is 12.5 Å². The van der Waals surface area contributed by atoms with Crippen LogP contribution in [0.5, 0.6) is 0 Å². The Hall–Kier alpha value is -2.36. The lowest BCUT2D eigenvalue weighted by atomic mass is 9.96. The number of hydrogen-bond donors (Lipinski definition) is 1. The summed E-state index contributed by atoms with van der Waals surface area (Å²) in [7, 11) is 1.76. The fraction of sp³-hybridized carbons (Fsp3) is 0.188. The summed E-state index contributed by atoms with van der Waals surface area (Å²) in [4.78, 5) is 13.7. The summed E-state index contributed by atoms with van der Waals surface area (Å²) in [6.45, 7) is 0. The first-order valence-electron chi connectivity index (χ1n) is 6.53. The first-order valence-corrected chi connectivity index (χ1v) is 6.53. The van der Waals surface area contributed by atoms with E-state index in [0.717, 1.165) is 11.3 Å². The number of rotatable bonds is 2. The van der Waals surface area contributed by atoms with Crippen LogP contribution in [0.2, 0.25) is 0 Å². The minimum atomic E-state index is -0.309. The highest BCUT2D eigenvalue weighted by atomic mass is 19.1. The van der Waals surface area contributed by atoms with E-state index in [9.17, 15) is 9.18 Å². The van der Waals surface area contributed by atoms with Crippen molar-refractivity contribution in [1.29, 1.82) is 0 Å². The average Bonchev–Trinajstić information content (AvgIpc) is 2.47. The molecule has 1 heterocycles. The molecule has 1 aliphatic heterocycles. The molecule has 0 saturated carbocycles. The molecule has 2 aromatic rings. The van der Waals surface area contributed by atoms with Crippen LogP contribution in [0.25, 0.3) is 0 Å². The minimum Gasteiger partial charge on any atom is -0.375 e. The van der Waals surface area contributed by atoms with Gasteiger partial charge in [-0.1, -0.05) is 30.3 Å². The lowest BCUT2D eigenvalue weighted by Crippen LogP contribution is -2.35. The molecule has 0 aliphatic carbocycles. The largest absolute Gasteiger partial charge is 0.375 e. The minimum absolute atomic E-state index is 0.0255. The molecule has 3 nitrogen and oxygen atoms in total. The molecule has 4 heteroatoms. The van der Waals surface area contributed by atoms with Crippen molar-refractivity contribution in [1.82, 2.24) is 0 Å². The zero-order chi connectivity index (χ0) is 14.1. The standard InChI is InChI=1S/C16H15FN2O/c1-19-15-9-5-2-6-11(15)14(10-16(19)20)18-13-8-4-3-7-12(13)17/h2-9,14,18H,10H2,1H3. The molecule has 1 unspecified atom stereocenters. The Morgan fingerprint density at radius 1 is 1.15 bits per heavy atom. The van der Waals surface area contributed by atoms with Crippen LogP contribution in [0.15, 0.2) is 48.5 Å². The fourth-order valence-corrected chi connectivity index (χ4v) is 2.54. The van der Waals surface area contributed by atoms with E-state index in [1.54, 1.807) is 30.1 Å². The maximum atomic E-state index is 13.7. The van der Waals surface area contributed by atoms with Gasteiger partial charge in [-0.05, 0) is 23.8 Å². The summed E-state index contributed by atoms with van der Waals surface area (Å²) in [5.74, 6) is -0.283. The molecule has 1 atom stereocenters. The van der Waals surface area contributed by atoms with E-state index < -0.39 is 0 Å². The topological polar surface area (TPSA) is 32.3 Å². The third-order valence-electron chi connectivity index (χ3n) is 3.63. The number of para-hydroxylation sites is 2. The van der Waals surface area contributed by atoms with E-state index in [1.165, 1.54) is 6.07 Å². The number of anilines is 2. The number of hydrogen-bond acceptors (Lipinski definition) is 2. The van der Waals surface area contributed by atoms with E-state index in [-0.39, 0.29) is 17.8 Å². The Kier molecular flexibility index (Phi) is 3.14. The van der Waals surface area contributed by atoms with Gasteiger partial charge in [0.05, 0.1) is 18.2 Å². The van der Waals surface area contributed by atoms with Crippen molar-refractivity contribution in [2.24, 2.45) is 0 Å². The third-order valence-corrected chi connectivity index (χ3v) is 3.63. The van der Waals surface area contributed by atoms with E-state index in [1.807, 2.05) is 24.3 Å². The second kappa shape index (κ2) is 4.96. The van der Waals surface area contributed by atoms with Gasteiger partial charge >= 0.3 is 0 Å². The molecular weight excluding hydrogens is 255 g/mol. The molecule has 0 radical (unpaired) electrons. The van der Waals surface area contributed by atoms with Crippen LogP contribution in [-0.2, 0) is 4.79 Å². The summed E-state index contributed by atoms with van der Waals surface area (Å²) < 4.78 is 13.7. The van der Waals surface area contributed by atoms with Gasteiger partial charge in [0.2, 0.25) is 5.91 Å². The van der Waals surface area contributed by atoms with Gasteiger partial charge in [-0.25, -0.2) is 4.39 Å². The summed E-state index contributed by atoms with van der Waals surface area (Å²) in [5, 5.41) is 3.13. The van der Waals surface area contributed by atoms with E-state index in [4.69, 9.17) is 0 Å². The molecule has 20 heavy (non-hydrogen) atoms. The molecule has 1 amide bonds. The smallest absolute Gasteiger partial charge is 0.229 e. The predicted octanol–water partition coefficient (Wildman–Crippen LogP) is 3.35. The molecule has 0 aromatic heterocycles. The van der Waals surface area contributed by atoms with Crippen molar-refractivity contribution in [3.8, 4) is 0 Å². The summed E-state index contributed by atoms with van der Waals surface area (Å²) in [6, 6.07) is 14.0. The van der Waals surface area contributed by atoms with Crippen molar-refractivity contribution < 1.29 is 9.18 Å². The summed E-state index contributed by atoms with van der Waals surface area (Å²) in [5.41, 5.74) is 2.31. The Morgan fingerprint density at radius 3 is 2.65 bits per heavy atom. The number of carbonyl (C=O) groups excluding carboxylic acids is 1. The summed E-state index contributed by atoms with van der Waals surface area (Å²) >= 11 is 0. The number of halogens is 1. The Labute approximate surface area is 117 Å². The van der Waals surface area contributed by atoms with Gasteiger partial charge in [-0.3, -0.25) is 4.79 Å². The number of nitrogens with zero attached hydrogens (tertiary/aromatic N) is 1. The van der Waals surface area contributed by atoms with E-state index in [0.29, 0.717) is 12.1 Å². The second-order valence-corrected chi connectivity index (χ2v) is 4.89. The van der Waals surface area contributed by atoms with E-state index in [2.05, 4.69) is 5.32 Å². The van der Waals surface area contributed by atoms with Crippen LogP contribution >= 0.6 is 0 Å². The van der Waals surface area contributed by atoms with Crippen molar-refractivity contribution in [3.63, 3.8) is 0 Å². The van der Waals surface area contributed by atoms with Gasteiger partial charge in [-0.15, -0.1) is 0 Å². The molecular formula is C16H15FN2O. The quantitative estimate of drug-likeness (QED) is 0.907. The first kappa shape index (κ1) is 12.7. The molecule has 1 aliphatic rings. The van der Waals surface area contributed by atoms with Crippen LogP contribution in [-0.4, -0.2) is 13.0 Å². The zero-order valence-corrected chi connectivity index (χ0v) is 11.1. The van der Waals surface area contributed by atoms with Gasteiger partial charge in [0.15, 0.2) is 0 Å². The number of carbonyl (C=O) groups is 1. The molecule has 2 aromatic carbocycles. The highest BCUT2D eigenvalue weighted by molar-refractivity contribution is 5.97. The first-order chi connectivity index (χ1) is 9.66. The number of benzene rings is 2. The van der Waals surface area contributed by atoms with Gasteiger partial charge in [0.1, 0.15) is 5.82 Å². The normalized spacial score (nSPS) is 17.8. The SMILES string of the molecule is CN1C(=O)CC(Nc2ccccc2F)c2ccccc21.